The van der Waals surface area contributed by atoms with Gasteiger partial charge in [-0.1, -0.05) is 32.6 Å². The SMILES string of the molecule is CCc1cc(C#CC(O)C(C)C)c(OC(=O)c2ccc(OC)cc2)c(OC)c1. The number of aryl methyl sites for hydroxylation is 1. The van der Waals surface area contributed by atoms with Crippen molar-refractivity contribution in [3.63, 3.8) is 0 Å². The van der Waals surface area contributed by atoms with E-state index in [1.165, 1.54) is 7.11 Å². The minimum absolute atomic E-state index is 0.00551. The largest absolute Gasteiger partial charge is 0.497 e. The Kier molecular flexibility index (Phi) is 7.48. The fourth-order valence-corrected chi connectivity index (χ4v) is 2.41. The average Bonchev–Trinajstić information content (AvgIpc) is 2.72. The first-order chi connectivity index (χ1) is 13.4. The quantitative estimate of drug-likeness (QED) is 0.467. The zero-order chi connectivity index (χ0) is 20.7. The minimum Gasteiger partial charge on any atom is -0.497 e. The van der Waals surface area contributed by atoms with E-state index >= 15 is 0 Å². The number of methoxy groups -OCH3 is 2. The Labute approximate surface area is 166 Å². The molecule has 148 valence electrons. The van der Waals surface area contributed by atoms with E-state index in [9.17, 15) is 9.90 Å². The van der Waals surface area contributed by atoms with Gasteiger partial charge in [0.2, 0.25) is 0 Å². The third kappa shape index (κ3) is 5.28. The van der Waals surface area contributed by atoms with Gasteiger partial charge in [-0.3, -0.25) is 0 Å². The fraction of sp³-hybridized carbons (Fsp3) is 0.348. The van der Waals surface area contributed by atoms with E-state index in [1.807, 2.05) is 32.9 Å². The maximum atomic E-state index is 12.6. The minimum atomic E-state index is -0.776. The third-order valence-corrected chi connectivity index (χ3v) is 4.25. The summed E-state index contributed by atoms with van der Waals surface area (Å²) in [4.78, 5) is 12.6. The Morgan fingerprint density at radius 1 is 1.11 bits per heavy atom. The van der Waals surface area contributed by atoms with Crippen molar-refractivity contribution in [1.82, 2.24) is 0 Å². The van der Waals surface area contributed by atoms with Crippen molar-refractivity contribution < 1.29 is 24.1 Å². The molecule has 0 fully saturated rings. The normalized spacial score (nSPS) is 11.4. The molecule has 0 amide bonds. The van der Waals surface area contributed by atoms with Gasteiger partial charge in [-0.2, -0.15) is 0 Å². The number of carbonyl (C=O) groups excluding carboxylic acids is 1. The van der Waals surface area contributed by atoms with Gasteiger partial charge < -0.3 is 19.3 Å². The van der Waals surface area contributed by atoms with Crippen molar-refractivity contribution in [3.8, 4) is 29.1 Å². The molecule has 1 unspecified atom stereocenters. The molecule has 1 N–H and O–H groups in total. The van der Waals surface area contributed by atoms with E-state index in [0.29, 0.717) is 22.6 Å². The summed E-state index contributed by atoms with van der Waals surface area (Å²) in [5.41, 5.74) is 1.87. The zero-order valence-electron chi connectivity index (χ0n) is 16.9. The highest BCUT2D eigenvalue weighted by Crippen LogP contribution is 2.33. The van der Waals surface area contributed by atoms with Crippen LogP contribution in [0.25, 0.3) is 0 Å². The van der Waals surface area contributed by atoms with Crippen molar-refractivity contribution in [2.75, 3.05) is 14.2 Å². The fourth-order valence-electron chi connectivity index (χ4n) is 2.41. The summed E-state index contributed by atoms with van der Waals surface area (Å²) in [6.45, 7) is 5.78. The predicted molar refractivity (Wildman–Crippen MR) is 108 cm³/mol. The number of rotatable bonds is 6. The lowest BCUT2D eigenvalue weighted by Gasteiger charge is -2.14. The van der Waals surface area contributed by atoms with Crippen molar-refractivity contribution in [2.45, 2.75) is 33.3 Å². The number of carbonyl (C=O) groups is 1. The van der Waals surface area contributed by atoms with Crippen molar-refractivity contribution in [3.05, 3.63) is 53.1 Å². The first-order valence-corrected chi connectivity index (χ1v) is 9.16. The van der Waals surface area contributed by atoms with Gasteiger partial charge in [-0.05, 0) is 54.3 Å². The van der Waals surface area contributed by atoms with Crippen molar-refractivity contribution in [2.24, 2.45) is 5.92 Å². The number of benzene rings is 2. The smallest absolute Gasteiger partial charge is 0.343 e. The molecule has 2 aromatic carbocycles. The van der Waals surface area contributed by atoms with Crippen LogP contribution in [0.15, 0.2) is 36.4 Å². The molecular weight excluding hydrogens is 356 g/mol. The Morgan fingerprint density at radius 2 is 1.79 bits per heavy atom. The Bertz CT molecular complexity index is 872. The summed E-state index contributed by atoms with van der Waals surface area (Å²) in [5, 5.41) is 10.0. The van der Waals surface area contributed by atoms with Crippen molar-refractivity contribution >= 4 is 5.97 Å². The maximum Gasteiger partial charge on any atom is 0.343 e. The van der Waals surface area contributed by atoms with Crippen LogP contribution in [-0.4, -0.2) is 31.4 Å². The summed E-state index contributed by atoms with van der Waals surface area (Å²) in [7, 11) is 3.07. The maximum absolute atomic E-state index is 12.6. The molecule has 0 aliphatic carbocycles. The molecule has 1 atom stereocenters. The van der Waals surface area contributed by atoms with Gasteiger partial charge in [-0.25, -0.2) is 4.79 Å². The van der Waals surface area contributed by atoms with Gasteiger partial charge in [-0.15, -0.1) is 0 Å². The van der Waals surface area contributed by atoms with Crippen LogP contribution in [0, 0.1) is 17.8 Å². The predicted octanol–water partition coefficient (Wildman–Crippen LogP) is 3.85. The molecule has 0 saturated carbocycles. The molecule has 0 spiro atoms. The molecule has 28 heavy (non-hydrogen) atoms. The highest BCUT2D eigenvalue weighted by atomic mass is 16.6. The van der Waals surface area contributed by atoms with Gasteiger partial charge in [0.05, 0.1) is 25.3 Å². The van der Waals surface area contributed by atoms with E-state index < -0.39 is 12.1 Å². The van der Waals surface area contributed by atoms with Crippen LogP contribution in [0.1, 0.15) is 42.3 Å². The molecule has 0 heterocycles. The van der Waals surface area contributed by atoms with Crippen LogP contribution in [0.3, 0.4) is 0 Å². The third-order valence-electron chi connectivity index (χ3n) is 4.25. The number of hydrogen-bond donors (Lipinski definition) is 1. The standard InChI is InChI=1S/C23H26O5/c1-6-16-13-18(9-12-20(24)15(2)3)22(21(14-16)27-5)28-23(25)17-7-10-19(26-4)11-8-17/h7-8,10-11,13-15,20,24H,6H2,1-5H3. The van der Waals surface area contributed by atoms with Crippen LogP contribution in [-0.2, 0) is 6.42 Å². The first kappa shape index (κ1) is 21.3. The van der Waals surface area contributed by atoms with E-state index in [2.05, 4.69) is 11.8 Å². The monoisotopic (exact) mass is 382 g/mol. The molecule has 5 heteroatoms. The number of aliphatic hydroxyl groups is 1. The van der Waals surface area contributed by atoms with Crippen LogP contribution in [0.2, 0.25) is 0 Å². The van der Waals surface area contributed by atoms with Gasteiger partial charge in [0, 0.05) is 0 Å². The molecule has 0 saturated heterocycles. The second-order valence-electron chi connectivity index (χ2n) is 6.60. The summed E-state index contributed by atoms with van der Waals surface area (Å²) in [6, 6.07) is 10.3. The molecule has 0 aliphatic heterocycles. The van der Waals surface area contributed by atoms with Crippen molar-refractivity contribution in [1.29, 1.82) is 0 Å². The lowest BCUT2D eigenvalue weighted by molar-refractivity contribution is 0.0729. The zero-order valence-corrected chi connectivity index (χ0v) is 16.9. The number of hydrogen-bond acceptors (Lipinski definition) is 5. The number of aliphatic hydroxyl groups excluding tert-OH is 1. The number of ether oxygens (including phenoxy) is 3. The van der Waals surface area contributed by atoms with Crippen LogP contribution in [0.5, 0.6) is 17.2 Å². The van der Waals surface area contributed by atoms with Gasteiger partial charge >= 0.3 is 5.97 Å². The molecule has 0 aromatic heterocycles. The second kappa shape index (κ2) is 9.82. The first-order valence-electron chi connectivity index (χ1n) is 9.16. The summed E-state index contributed by atoms with van der Waals surface area (Å²) in [6.07, 6.45) is -0.00813. The Hall–Kier alpha value is -2.97. The lowest BCUT2D eigenvalue weighted by Crippen LogP contribution is -2.12. The number of esters is 1. The van der Waals surface area contributed by atoms with Gasteiger partial charge in [0.15, 0.2) is 11.5 Å². The lowest BCUT2D eigenvalue weighted by atomic mass is 10.0. The summed E-state index contributed by atoms with van der Waals surface area (Å²) < 4.78 is 16.2. The molecule has 0 aliphatic rings. The Balaban J connectivity index is 2.43. The van der Waals surface area contributed by atoms with Gasteiger partial charge in [0.1, 0.15) is 11.9 Å². The molecule has 0 radical (unpaired) electrons. The topological polar surface area (TPSA) is 65.0 Å². The summed E-state index contributed by atoms with van der Waals surface area (Å²) in [5.74, 6) is 6.53. The molecule has 0 bridgehead atoms. The van der Waals surface area contributed by atoms with E-state index in [1.54, 1.807) is 31.4 Å². The van der Waals surface area contributed by atoms with E-state index in [4.69, 9.17) is 14.2 Å². The highest BCUT2D eigenvalue weighted by Gasteiger charge is 2.17. The Morgan fingerprint density at radius 3 is 2.32 bits per heavy atom. The molecular formula is C23H26O5. The average molecular weight is 382 g/mol. The van der Waals surface area contributed by atoms with E-state index in [-0.39, 0.29) is 11.7 Å². The van der Waals surface area contributed by atoms with Crippen LogP contribution < -0.4 is 14.2 Å². The van der Waals surface area contributed by atoms with Crippen LogP contribution in [0.4, 0.5) is 0 Å². The van der Waals surface area contributed by atoms with Gasteiger partial charge in [0.25, 0.3) is 0 Å². The molecule has 2 aromatic rings. The second-order valence-corrected chi connectivity index (χ2v) is 6.60. The van der Waals surface area contributed by atoms with E-state index in [0.717, 1.165) is 12.0 Å². The molecule has 5 nitrogen and oxygen atoms in total. The summed E-state index contributed by atoms with van der Waals surface area (Å²) >= 11 is 0. The van der Waals surface area contributed by atoms with Crippen LogP contribution >= 0.6 is 0 Å². The molecule has 2 rings (SSSR count). The highest BCUT2D eigenvalue weighted by molar-refractivity contribution is 5.92.